The minimum absolute atomic E-state index is 0.0887. The van der Waals surface area contributed by atoms with Gasteiger partial charge in [0.05, 0.1) is 6.61 Å². The van der Waals surface area contributed by atoms with E-state index in [-0.39, 0.29) is 11.3 Å². The van der Waals surface area contributed by atoms with E-state index in [1.807, 2.05) is 6.92 Å². The summed E-state index contributed by atoms with van der Waals surface area (Å²) in [6, 6.07) is 5.67. The van der Waals surface area contributed by atoms with Crippen molar-refractivity contribution in [2.45, 2.75) is 32.0 Å². The molecule has 1 N–H and O–H groups in total. The lowest BCUT2D eigenvalue weighted by Crippen LogP contribution is -2.21. The number of aliphatic hydroxyl groups is 1. The van der Waals surface area contributed by atoms with Gasteiger partial charge in [0.2, 0.25) is 0 Å². The fraction of sp³-hybridized carbons (Fsp3) is 0.500. The first kappa shape index (κ1) is 13.8. The van der Waals surface area contributed by atoms with Gasteiger partial charge in [0.25, 0.3) is 0 Å². The van der Waals surface area contributed by atoms with Gasteiger partial charge in [0, 0.05) is 5.56 Å². The lowest BCUT2D eigenvalue weighted by molar-refractivity contribution is -0.207. The average Bonchev–Trinajstić information content (AvgIpc) is 2.28. The van der Waals surface area contributed by atoms with Crippen LogP contribution >= 0.6 is 0 Å². The van der Waals surface area contributed by atoms with Crippen molar-refractivity contribution in [3.8, 4) is 5.75 Å². The monoisotopic (exact) mass is 248 g/mol. The largest absolute Gasteiger partial charge is 0.493 e. The average molecular weight is 248 g/mol. The molecule has 0 aliphatic heterocycles. The van der Waals surface area contributed by atoms with Crippen LogP contribution in [0.5, 0.6) is 5.75 Å². The van der Waals surface area contributed by atoms with E-state index in [2.05, 4.69) is 0 Å². The second-order valence-corrected chi connectivity index (χ2v) is 3.68. The second-order valence-electron chi connectivity index (χ2n) is 3.68. The van der Waals surface area contributed by atoms with Crippen molar-refractivity contribution in [3.05, 3.63) is 29.8 Å². The normalized spacial score (nSPS) is 13.5. The predicted molar refractivity (Wildman–Crippen MR) is 57.9 cm³/mol. The van der Waals surface area contributed by atoms with Crippen molar-refractivity contribution in [2.75, 3.05) is 6.61 Å². The third-order valence-electron chi connectivity index (χ3n) is 2.28. The maximum Gasteiger partial charge on any atom is 0.418 e. The SMILES string of the molecule is CCCCOc1ccccc1[C@@H](O)C(F)(F)F. The minimum Gasteiger partial charge on any atom is -0.493 e. The number of alkyl halides is 3. The summed E-state index contributed by atoms with van der Waals surface area (Å²) in [6.45, 7) is 2.30. The van der Waals surface area contributed by atoms with Crippen molar-refractivity contribution >= 4 is 0 Å². The van der Waals surface area contributed by atoms with Crippen LogP contribution < -0.4 is 4.74 Å². The van der Waals surface area contributed by atoms with Crippen molar-refractivity contribution in [1.82, 2.24) is 0 Å². The van der Waals surface area contributed by atoms with E-state index in [4.69, 9.17) is 4.74 Å². The molecule has 1 aromatic rings. The molecule has 0 amide bonds. The van der Waals surface area contributed by atoms with Crippen molar-refractivity contribution in [1.29, 1.82) is 0 Å². The van der Waals surface area contributed by atoms with Crippen LogP contribution in [0.3, 0.4) is 0 Å². The Morgan fingerprint density at radius 1 is 1.29 bits per heavy atom. The van der Waals surface area contributed by atoms with E-state index in [0.29, 0.717) is 6.61 Å². The van der Waals surface area contributed by atoms with Crippen LogP contribution in [0.2, 0.25) is 0 Å². The number of unbranched alkanes of at least 4 members (excludes halogenated alkanes) is 1. The molecule has 0 aliphatic rings. The Labute approximate surface area is 98.0 Å². The lowest BCUT2D eigenvalue weighted by Gasteiger charge is -2.18. The number of halogens is 3. The zero-order chi connectivity index (χ0) is 12.9. The smallest absolute Gasteiger partial charge is 0.418 e. The topological polar surface area (TPSA) is 29.5 Å². The van der Waals surface area contributed by atoms with Crippen LogP contribution in [0, 0.1) is 0 Å². The number of para-hydroxylation sites is 1. The molecule has 0 spiro atoms. The maximum absolute atomic E-state index is 12.4. The van der Waals surface area contributed by atoms with Gasteiger partial charge in [0.15, 0.2) is 6.10 Å². The Morgan fingerprint density at radius 2 is 1.94 bits per heavy atom. The maximum atomic E-state index is 12.4. The van der Waals surface area contributed by atoms with E-state index in [1.54, 1.807) is 6.07 Å². The molecule has 96 valence electrons. The highest BCUT2D eigenvalue weighted by atomic mass is 19.4. The molecule has 0 saturated carbocycles. The third-order valence-corrected chi connectivity index (χ3v) is 2.28. The number of ether oxygens (including phenoxy) is 1. The Hall–Kier alpha value is -1.23. The van der Waals surface area contributed by atoms with Crippen molar-refractivity contribution in [2.24, 2.45) is 0 Å². The number of rotatable bonds is 5. The molecule has 5 heteroatoms. The van der Waals surface area contributed by atoms with Gasteiger partial charge < -0.3 is 9.84 Å². The van der Waals surface area contributed by atoms with Crippen LogP contribution in [-0.2, 0) is 0 Å². The van der Waals surface area contributed by atoms with Gasteiger partial charge >= 0.3 is 6.18 Å². The molecule has 0 saturated heterocycles. The molecule has 2 nitrogen and oxygen atoms in total. The Kier molecular flexibility index (Phi) is 4.81. The van der Waals surface area contributed by atoms with Gasteiger partial charge in [0.1, 0.15) is 5.75 Å². The summed E-state index contributed by atoms with van der Waals surface area (Å²) in [5.41, 5.74) is -0.240. The predicted octanol–water partition coefficient (Wildman–Crippen LogP) is 3.46. The van der Waals surface area contributed by atoms with Crippen LogP contribution in [-0.4, -0.2) is 17.9 Å². The summed E-state index contributed by atoms with van der Waals surface area (Å²) in [7, 11) is 0. The summed E-state index contributed by atoms with van der Waals surface area (Å²) in [6.07, 6.45) is -5.52. The first-order chi connectivity index (χ1) is 7.96. The molecule has 1 atom stereocenters. The summed E-state index contributed by atoms with van der Waals surface area (Å²) < 4.78 is 42.4. The summed E-state index contributed by atoms with van der Waals surface area (Å²) in [4.78, 5) is 0. The van der Waals surface area contributed by atoms with E-state index >= 15 is 0 Å². The van der Waals surface area contributed by atoms with Gasteiger partial charge in [-0.05, 0) is 12.5 Å². The van der Waals surface area contributed by atoms with E-state index in [1.165, 1.54) is 18.2 Å². The number of aliphatic hydroxyl groups excluding tert-OH is 1. The van der Waals surface area contributed by atoms with Gasteiger partial charge in [-0.1, -0.05) is 31.5 Å². The Morgan fingerprint density at radius 3 is 2.53 bits per heavy atom. The highest BCUT2D eigenvalue weighted by molar-refractivity contribution is 5.35. The second kappa shape index (κ2) is 5.91. The third kappa shape index (κ3) is 3.93. The first-order valence-corrected chi connectivity index (χ1v) is 5.43. The van der Waals surface area contributed by atoms with Crippen molar-refractivity contribution in [3.63, 3.8) is 0 Å². The van der Waals surface area contributed by atoms with E-state index in [9.17, 15) is 18.3 Å². The number of benzene rings is 1. The van der Waals surface area contributed by atoms with Crippen LogP contribution in [0.4, 0.5) is 13.2 Å². The van der Waals surface area contributed by atoms with Crippen molar-refractivity contribution < 1.29 is 23.0 Å². The molecule has 0 fully saturated rings. The fourth-order valence-corrected chi connectivity index (χ4v) is 1.34. The number of hydrogen-bond donors (Lipinski definition) is 1. The molecular weight excluding hydrogens is 233 g/mol. The molecule has 1 aromatic carbocycles. The lowest BCUT2D eigenvalue weighted by atomic mass is 10.1. The van der Waals surface area contributed by atoms with Crippen LogP contribution in [0.25, 0.3) is 0 Å². The molecule has 0 bridgehead atoms. The summed E-state index contributed by atoms with van der Waals surface area (Å²) >= 11 is 0. The molecule has 17 heavy (non-hydrogen) atoms. The van der Waals surface area contributed by atoms with E-state index in [0.717, 1.165) is 12.8 Å². The first-order valence-electron chi connectivity index (χ1n) is 5.43. The summed E-state index contributed by atoms with van der Waals surface area (Å²) in [5.74, 6) is 0.0887. The van der Waals surface area contributed by atoms with Gasteiger partial charge in [-0.2, -0.15) is 13.2 Å². The van der Waals surface area contributed by atoms with E-state index < -0.39 is 12.3 Å². The molecule has 0 unspecified atom stereocenters. The number of hydrogen-bond acceptors (Lipinski definition) is 2. The molecular formula is C12H15F3O2. The van der Waals surface area contributed by atoms with Crippen LogP contribution in [0.1, 0.15) is 31.4 Å². The molecule has 0 radical (unpaired) electrons. The molecule has 0 heterocycles. The summed E-state index contributed by atoms with van der Waals surface area (Å²) in [5, 5.41) is 9.19. The zero-order valence-corrected chi connectivity index (χ0v) is 9.50. The van der Waals surface area contributed by atoms with Gasteiger partial charge in [-0.3, -0.25) is 0 Å². The molecule has 0 aliphatic carbocycles. The highest BCUT2D eigenvalue weighted by Crippen LogP contribution is 2.36. The highest BCUT2D eigenvalue weighted by Gasteiger charge is 2.40. The zero-order valence-electron chi connectivity index (χ0n) is 9.50. The Bertz CT molecular complexity index is 350. The standard InChI is InChI=1S/C12H15F3O2/c1-2-3-8-17-10-7-5-4-6-9(10)11(16)12(13,14)15/h4-7,11,16H,2-3,8H2,1H3/t11-/m1/s1. The van der Waals surface area contributed by atoms with Gasteiger partial charge in [-0.25, -0.2) is 0 Å². The Balaban J connectivity index is 2.84. The molecule has 0 aromatic heterocycles. The molecule has 1 rings (SSSR count). The fourth-order valence-electron chi connectivity index (χ4n) is 1.34. The minimum atomic E-state index is -4.68. The van der Waals surface area contributed by atoms with Crippen LogP contribution in [0.15, 0.2) is 24.3 Å². The van der Waals surface area contributed by atoms with Gasteiger partial charge in [-0.15, -0.1) is 0 Å². The quantitative estimate of drug-likeness (QED) is 0.808.